The molecule has 1 aromatic rings. The summed E-state index contributed by atoms with van der Waals surface area (Å²) < 4.78 is 0. The van der Waals surface area contributed by atoms with Crippen molar-refractivity contribution in [3.8, 4) is 0 Å². The minimum atomic E-state index is 0.234. The molecule has 0 radical (unpaired) electrons. The van der Waals surface area contributed by atoms with Gasteiger partial charge in [0.05, 0.1) is 6.54 Å². The molecule has 0 atom stereocenters. The number of rotatable bonds is 5. The van der Waals surface area contributed by atoms with E-state index in [-0.39, 0.29) is 5.78 Å². The van der Waals surface area contributed by atoms with Crippen LogP contribution in [0.25, 0.3) is 0 Å². The molecule has 2 rings (SSSR count). The number of benzene rings is 1. The Morgan fingerprint density at radius 2 is 1.63 bits per heavy atom. The zero-order chi connectivity index (χ0) is 13.7. The summed E-state index contributed by atoms with van der Waals surface area (Å²) in [5.41, 5.74) is 0.826. The number of hydrogen-bond acceptors (Lipinski definition) is 3. The molecule has 1 aliphatic heterocycles. The van der Waals surface area contributed by atoms with Crippen LogP contribution >= 0.6 is 0 Å². The number of carbonyl (C=O) groups is 1. The molecule has 1 aliphatic rings. The summed E-state index contributed by atoms with van der Waals surface area (Å²) in [4.78, 5) is 16.9. The number of nitrogens with zero attached hydrogens (tertiary/aromatic N) is 2. The molecule has 3 nitrogen and oxygen atoms in total. The lowest BCUT2D eigenvalue weighted by atomic mass is 10.1. The molecule has 0 unspecified atom stereocenters. The summed E-state index contributed by atoms with van der Waals surface area (Å²) in [6.07, 6.45) is 0. The monoisotopic (exact) mass is 260 g/mol. The molecule has 0 saturated carbocycles. The van der Waals surface area contributed by atoms with Gasteiger partial charge in [-0.15, -0.1) is 0 Å². The fraction of sp³-hybridized carbons (Fsp3) is 0.562. The van der Waals surface area contributed by atoms with Gasteiger partial charge < -0.3 is 4.90 Å². The Morgan fingerprint density at radius 1 is 1.05 bits per heavy atom. The van der Waals surface area contributed by atoms with Crippen molar-refractivity contribution in [2.75, 3.05) is 39.3 Å². The second-order valence-corrected chi connectivity index (χ2v) is 5.76. The topological polar surface area (TPSA) is 23.6 Å². The largest absolute Gasteiger partial charge is 0.301 e. The Balaban J connectivity index is 1.78. The van der Waals surface area contributed by atoms with Crippen LogP contribution in [0.3, 0.4) is 0 Å². The maximum Gasteiger partial charge on any atom is 0.176 e. The van der Waals surface area contributed by atoms with Gasteiger partial charge >= 0.3 is 0 Å². The summed E-state index contributed by atoms with van der Waals surface area (Å²) in [6.45, 7) is 10.4. The molecule has 19 heavy (non-hydrogen) atoms. The molecule has 1 fully saturated rings. The highest BCUT2D eigenvalue weighted by atomic mass is 16.1. The van der Waals surface area contributed by atoms with Gasteiger partial charge in [-0.05, 0) is 5.92 Å². The zero-order valence-corrected chi connectivity index (χ0v) is 12.0. The summed E-state index contributed by atoms with van der Waals surface area (Å²) >= 11 is 0. The maximum atomic E-state index is 12.1. The van der Waals surface area contributed by atoms with Gasteiger partial charge in [0, 0.05) is 38.3 Å². The van der Waals surface area contributed by atoms with E-state index in [0.29, 0.717) is 6.54 Å². The van der Waals surface area contributed by atoms with E-state index in [1.165, 1.54) is 6.54 Å². The van der Waals surface area contributed by atoms with Crippen LogP contribution in [0.5, 0.6) is 0 Å². The third-order valence-corrected chi connectivity index (χ3v) is 3.55. The van der Waals surface area contributed by atoms with E-state index in [1.54, 1.807) is 0 Å². The predicted molar refractivity (Wildman–Crippen MR) is 78.5 cm³/mol. The van der Waals surface area contributed by atoms with Gasteiger partial charge in [-0.1, -0.05) is 44.2 Å². The maximum absolute atomic E-state index is 12.1. The van der Waals surface area contributed by atoms with Gasteiger partial charge in [0.1, 0.15) is 0 Å². The lowest BCUT2D eigenvalue weighted by molar-refractivity contribution is 0.0837. The Labute approximate surface area is 116 Å². The highest BCUT2D eigenvalue weighted by Gasteiger charge is 2.19. The third-order valence-electron chi connectivity index (χ3n) is 3.55. The first-order valence-electron chi connectivity index (χ1n) is 7.18. The van der Waals surface area contributed by atoms with Crippen molar-refractivity contribution in [3.05, 3.63) is 35.9 Å². The van der Waals surface area contributed by atoms with Crippen molar-refractivity contribution in [1.29, 1.82) is 0 Å². The lowest BCUT2D eigenvalue weighted by Gasteiger charge is -2.35. The van der Waals surface area contributed by atoms with Crippen LogP contribution in [0, 0.1) is 5.92 Å². The standard InChI is InChI=1S/C16H24N2O/c1-14(2)12-17-8-10-18(11-9-17)13-16(19)15-6-4-3-5-7-15/h3-7,14H,8-13H2,1-2H3. The summed E-state index contributed by atoms with van der Waals surface area (Å²) in [7, 11) is 0. The van der Waals surface area contributed by atoms with Crippen molar-refractivity contribution in [1.82, 2.24) is 9.80 Å². The average Bonchev–Trinajstić information content (AvgIpc) is 2.41. The fourth-order valence-corrected chi connectivity index (χ4v) is 2.56. The minimum Gasteiger partial charge on any atom is -0.301 e. The number of carbonyl (C=O) groups excluding carboxylic acids is 1. The SMILES string of the molecule is CC(C)CN1CCN(CC(=O)c2ccccc2)CC1. The molecular formula is C16H24N2O. The number of Topliss-reactive ketones (excluding diaryl/α,β-unsaturated/α-hetero) is 1. The Hall–Kier alpha value is -1.19. The third kappa shape index (κ3) is 4.44. The van der Waals surface area contributed by atoms with E-state index >= 15 is 0 Å². The molecule has 0 amide bonds. The lowest BCUT2D eigenvalue weighted by Crippen LogP contribution is -2.48. The van der Waals surface area contributed by atoms with Crippen LogP contribution in [-0.4, -0.2) is 54.9 Å². The first kappa shape index (κ1) is 14.2. The van der Waals surface area contributed by atoms with Crippen LogP contribution < -0.4 is 0 Å². The average molecular weight is 260 g/mol. The van der Waals surface area contributed by atoms with E-state index in [9.17, 15) is 4.79 Å². The van der Waals surface area contributed by atoms with E-state index < -0.39 is 0 Å². The fourth-order valence-electron chi connectivity index (χ4n) is 2.56. The Bertz CT molecular complexity index is 394. The van der Waals surface area contributed by atoms with Gasteiger partial charge in [0.15, 0.2) is 5.78 Å². The molecular weight excluding hydrogens is 236 g/mol. The van der Waals surface area contributed by atoms with E-state index in [0.717, 1.165) is 37.7 Å². The van der Waals surface area contributed by atoms with E-state index in [4.69, 9.17) is 0 Å². The molecule has 0 bridgehead atoms. The van der Waals surface area contributed by atoms with E-state index in [2.05, 4.69) is 23.6 Å². The number of hydrogen-bond donors (Lipinski definition) is 0. The van der Waals surface area contributed by atoms with Crippen molar-refractivity contribution in [2.24, 2.45) is 5.92 Å². The smallest absolute Gasteiger partial charge is 0.176 e. The normalized spacial score (nSPS) is 17.8. The molecule has 0 spiro atoms. The van der Waals surface area contributed by atoms with Gasteiger partial charge in [-0.3, -0.25) is 9.69 Å². The van der Waals surface area contributed by atoms with Crippen molar-refractivity contribution in [3.63, 3.8) is 0 Å². The second-order valence-electron chi connectivity index (χ2n) is 5.76. The summed E-state index contributed by atoms with van der Waals surface area (Å²) in [5, 5.41) is 0. The van der Waals surface area contributed by atoms with Gasteiger partial charge in [-0.25, -0.2) is 0 Å². The zero-order valence-electron chi connectivity index (χ0n) is 12.0. The number of piperazine rings is 1. The van der Waals surface area contributed by atoms with Crippen LogP contribution in [0.1, 0.15) is 24.2 Å². The summed E-state index contributed by atoms with van der Waals surface area (Å²) in [6, 6.07) is 9.60. The van der Waals surface area contributed by atoms with Crippen LogP contribution in [0.2, 0.25) is 0 Å². The van der Waals surface area contributed by atoms with E-state index in [1.807, 2.05) is 30.3 Å². The Kier molecular flexibility index (Phi) is 5.11. The molecule has 0 aromatic heterocycles. The molecule has 0 aliphatic carbocycles. The molecule has 1 heterocycles. The van der Waals surface area contributed by atoms with Crippen molar-refractivity contribution in [2.45, 2.75) is 13.8 Å². The molecule has 3 heteroatoms. The van der Waals surface area contributed by atoms with Crippen LogP contribution in [0.4, 0.5) is 0 Å². The quantitative estimate of drug-likeness (QED) is 0.758. The molecule has 1 aromatic carbocycles. The first-order valence-corrected chi connectivity index (χ1v) is 7.18. The highest BCUT2D eigenvalue weighted by Crippen LogP contribution is 2.07. The number of ketones is 1. The predicted octanol–water partition coefficient (Wildman–Crippen LogP) is 2.14. The van der Waals surface area contributed by atoms with Crippen LogP contribution in [-0.2, 0) is 0 Å². The molecule has 104 valence electrons. The van der Waals surface area contributed by atoms with Gasteiger partial charge in [0.2, 0.25) is 0 Å². The molecule has 1 saturated heterocycles. The summed E-state index contributed by atoms with van der Waals surface area (Å²) in [5.74, 6) is 0.954. The van der Waals surface area contributed by atoms with Gasteiger partial charge in [-0.2, -0.15) is 0 Å². The van der Waals surface area contributed by atoms with Crippen molar-refractivity contribution < 1.29 is 4.79 Å². The second kappa shape index (κ2) is 6.83. The minimum absolute atomic E-state index is 0.234. The van der Waals surface area contributed by atoms with Crippen LogP contribution in [0.15, 0.2) is 30.3 Å². The van der Waals surface area contributed by atoms with Crippen molar-refractivity contribution >= 4 is 5.78 Å². The first-order chi connectivity index (χ1) is 9.15. The Morgan fingerprint density at radius 3 is 2.21 bits per heavy atom. The van der Waals surface area contributed by atoms with Gasteiger partial charge in [0.25, 0.3) is 0 Å². The highest BCUT2D eigenvalue weighted by molar-refractivity contribution is 5.97. The molecule has 0 N–H and O–H groups in total.